The molecule has 0 atom stereocenters. The van der Waals surface area contributed by atoms with Gasteiger partial charge in [-0.05, 0) is 31.0 Å². The number of aromatic nitrogens is 3. The van der Waals surface area contributed by atoms with Crippen LogP contribution < -0.4 is 0 Å². The maximum atomic E-state index is 12.5. The van der Waals surface area contributed by atoms with Gasteiger partial charge in [-0.3, -0.25) is 9.78 Å². The highest BCUT2D eigenvalue weighted by molar-refractivity contribution is 5.92. The summed E-state index contributed by atoms with van der Waals surface area (Å²) < 4.78 is 1.68. The van der Waals surface area contributed by atoms with E-state index in [4.69, 9.17) is 0 Å². The molecular weight excluding hydrogens is 280 g/mol. The lowest BCUT2D eigenvalue weighted by Crippen LogP contribution is -2.42. The van der Waals surface area contributed by atoms with Crippen LogP contribution in [0.15, 0.2) is 36.8 Å². The van der Waals surface area contributed by atoms with Crippen LogP contribution in [0, 0.1) is 0 Å². The number of pyridine rings is 1. The van der Waals surface area contributed by atoms with Crippen LogP contribution in [0.3, 0.4) is 0 Å². The van der Waals surface area contributed by atoms with Crippen LogP contribution in [0.5, 0.6) is 0 Å². The van der Waals surface area contributed by atoms with E-state index >= 15 is 0 Å². The molecular formula is C16H20N4O2. The van der Waals surface area contributed by atoms with Crippen molar-refractivity contribution in [1.29, 1.82) is 0 Å². The summed E-state index contributed by atoms with van der Waals surface area (Å²) in [6.45, 7) is 0.347. The summed E-state index contributed by atoms with van der Waals surface area (Å²) in [5.41, 5.74) is 0.401. The number of carbonyl (C=O) groups is 1. The second-order valence-corrected chi connectivity index (χ2v) is 5.94. The Morgan fingerprint density at radius 3 is 2.86 bits per heavy atom. The average Bonchev–Trinajstić information content (AvgIpc) is 3.18. The third-order valence-corrected chi connectivity index (χ3v) is 4.14. The van der Waals surface area contributed by atoms with Crippen molar-refractivity contribution in [1.82, 2.24) is 19.7 Å². The van der Waals surface area contributed by atoms with Crippen molar-refractivity contribution in [3.8, 4) is 5.69 Å². The third-order valence-electron chi connectivity index (χ3n) is 4.14. The number of rotatable bonds is 4. The van der Waals surface area contributed by atoms with Gasteiger partial charge in [-0.2, -0.15) is 5.10 Å². The van der Waals surface area contributed by atoms with Crippen LogP contribution in [0.4, 0.5) is 0 Å². The van der Waals surface area contributed by atoms with Gasteiger partial charge in [0.25, 0.3) is 5.91 Å². The van der Waals surface area contributed by atoms with E-state index in [1.807, 2.05) is 12.3 Å². The average molecular weight is 300 g/mol. The van der Waals surface area contributed by atoms with Gasteiger partial charge >= 0.3 is 0 Å². The van der Waals surface area contributed by atoms with E-state index < -0.39 is 5.60 Å². The van der Waals surface area contributed by atoms with Gasteiger partial charge < -0.3 is 10.0 Å². The van der Waals surface area contributed by atoms with Gasteiger partial charge in [-0.1, -0.05) is 12.8 Å². The van der Waals surface area contributed by atoms with Crippen LogP contribution in [-0.4, -0.2) is 49.9 Å². The van der Waals surface area contributed by atoms with Crippen molar-refractivity contribution in [2.75, 3.05) is 13.6 Å². The molecule has 1 fully saturated rings. The molecule has 0 aliphatic heterocycles. The summed E-state index contributed by atoms with van der Waals surface area (Å²) in [7, 11) is 1.71. The standard InChI is InChI=1S/C16H20N4O2/c1-19(12-16(22)6-2-3-7-16)15(21)14-11-13(5-9-17-14)20-10-4-8-18-20/h4-5,8-11,22H,2-3,6-7,12H2,1H3. The monoisotopic (exact) mass is 300 g/mol. The number of carbonyl (C=O) groups excluding carboxylic acids is 1. The normalized spacial score (nSPS) is 16.6. The minimum absolute atomic E-state index is 0.186. The molecule has 6 heteroatoms. The molecule has 1 aliphatic rings. The Kier molecular flexibility index (Phi) is 3.94. The third kappa shape index (κ3) is 3.01. The van der Waals surface area contributed by atoms with E-state index in [1.54, 1.807) is 41.2 Å². The zero-order chi connectivity index (χ0) is 15.6. The van der Waals surface area contributed by atoms with Crippen molar-refractivity contribution >= 4 is 5.91 Å². The smallest absolute Gasteiger partial charge is 0.272 e. The topological polar surface area (TPSA) is 71.2 Å². The Morgan fingerprint density at radius 1 is 1.41 bits per heavy atom. The van der Waals surface area contributed by atoms with Gasteiger partial charge in [-0.15, -0.1) is 0 Å². The van der Waals surface area contributed by atoms with Crippen molar-refractivity contribution in [2.24, 2.45) is 0 Å². The predicted molar refractivity (Wildman–Crippen MR) is 81.7 cm³/mol. The maximum absolute atomic E-state index is 12.5. The second kappa shape index (κ2) is 5.88. The number of hydrogen-bond donors (Lipinski definition) is 1. The molecule has 1 N–H and O–H groups in total. The maximum Gasteiger partial charge on any atom is 0.272 e. The summed E-state index contributed by atoms with van der Waals surface area (Å²) in [5, 5.41) is 14.6. The molecule has 0 unspecified atom stereocenters. The molecule has 2 aromatic rings. The zero-order valence-corrected chi connectivity index (χ0v) is 12.6. The fraction of sp³-hybridized carbons (Fsp3) is 0.438. The SMILES string of the molecule is CN(CC1(O)CCCC1)C(=O)c1cc(-n2cccn2)ccn1. The Morgan fingerprint density at radius 2 is 2.18 bits per heavy atom. The number of likely N-dealkylation sites (N-methyl/N-ethyl adjacent to an activating group) is 1. The van der Waals surface area contributed by atoms with Crippen LogP contribution >= 0.6 is 0 Å². The van der Waals surface area contributed by atoms with Gasteiger partial charge in [0.05, 0.1) is 11.3 Å². The number of hydrogen-bond acceptors (Lipinski definition) is 4. The quantitative estimate of drug-likeness (QED) is 0.932. The summed E-state index contributed by atoms with van der Waals surface area (Å²) in [6, 6.07) is 5.34. The van der Waals surface area contributed by atoms with E-state index in [0.29, 0.717) is 12.2 Å². The van der Waals surface area contributed by atoms with E-state index in [-0.39, 0.29) is 5.91 Å². The highest BCUT2D eigenvalue weighted by atomic mass is 16.3. The molecule has 0 spiro atoms. The van der Waals surface area contributed by atoms with Crippen molar-refractivity contribution < 1.29 is 9.90 Å². The molecule has 2 heterocycles. The summed E-state index contributed by atoms with van der Waals surface area (Å²) in [6.07, 6.45) is 8.65. The Labute approximate surface area is 129 Å². The molecule has 1 amide bonds. The molecule has 1 aliphatic carbocycles. The lowest BCUT2D eigenvalue weighted by molar-refractivity contribution is 0.0155. The Bertz CT molecular complexity index is 648. The van der Waals surface area contributed by atoms with E-state index in [2.05, 4.69) is 10.1 Å². The summed E-state index contributed by atoms with van der Waals surface area (Å²) in [5.74, 6) is -0.186. The van der Waals surface area contributed by atoms with E-state index in [1.165, 1.54) is 0 Å². The van der Waals surface area contributed by atoms with E-state index in [9.17, 15) is 9.90 Å². The van der Waals surface area contributed by atoms with Crippen molar-refractivity contribution in [3.05, 3.63) is 42.5 Å². The number of amides is 1. The summed E-state index contributed by atoms with van der Waals surface area (Å²) >= 11 is 0. The van der Waals surface area contributed by atoms with Gasteiger partial charge in [-0.25, -0.2) is 4.68 Å². The highest BCUT2D eigenvalue weighted by Gasteiger charge is 2.33. The lowest BCUT2D eigenvalue weighted by Gasteiger charge is -2.28. The van der Waals surface area contributed by atoms with Crippen molar-refractivity contribution in [3.63, 3.8) is 0 Å². The minimum Gasteiger partial charge on any atom is -0.388 e. The Hall–Kier alpha value is -2.21. The van der Waals surface area contributed by atoms with Crippen LogP contribution in [-0.2, 0) is 0 Å². The molecule has 22 heavy (non-hydrogen) atoms. The first kappa shape index (κ1) is 14.7. The first-order chi connectivity index (χ1) is 10.6. The largest absolute Gasteiger partial charge is 0.388 e. The molecule has 0 aromatic carbocycles. The molecule has 6 nitrogen and oxygen atoms in total. The number of nitrogens with zero attached hydrogens (tertiary/aromatic N) is 4. The van der Waals surface area contributed by atoms with Crippen LogP contribution in [0.2, 0.25) is 0 Å². The molecule has 2 aromatic heterocycles. The second-order valence-electron chi connectivity index (χ2n) is 5.94. The van der Waals surface area contributed by atoms with Gasteiger partial charge in [0.2, 0.25) is 0 Å². The molecule has 0 bridgehead atoms. The van der Waals surface area contributed by atoms with Crippen molar-refractivity contribution in [2.45, 2.75) is 31.3 Å². The molecule has 1 saturated carbocycles. The van der Waals surface area contributed by atoms with Crippen LogP contribution in [0.1, 0.15) is 36.2 Å². The van der Waals surface area contributed by atoms with Crippen LogP contribution in [0.25, 0.3) is 5.69 Å². The molecule has 0 radical (unpaired) electrons. The first-order valence-corrected chi connectivity index (χ1v) is 7.51. The molecule has 0 saturated heterocycles. The highest BCUT2D eigenvalue weighted by Crippen LogP contribution is 2.30. The predicted octanol–water partition coefficient (Wildman–Crippen LogP) is 1.64. The van der Waals surface area contributed by atoms with E-state index in [0.717, 1.165) is 31.4 Å². The van der Waals surface area contributed by atoms with Gasteiger partial charge in [0, 0.05) is 32.2 Å². The fourth-order valence-corrected chi connectivity index (χ4v) is 3.00. The molecule has 116 valence electrons. The minimum atomic E-state index is -0.746. The van der Waals surface area contributed by atoms with Gasteiger partial charge in [0.15, 0.2) is 0 Å². The summed E-state index contributed by atoms with van der Waals surface area (Å²) in [4.78, 5) is 18.2. The molecule has 3 rings (SSSR count). The lowest BCUT2D eigenvalue weighted by atomic mass is 10.0. The fourth-order valence-electron chi connectivity index (χ4n) is 3.00. The number of aliphatic hydroxyl groups is 1. The Balaban J connectivity index is 1.75. The van der Waals surface area contributed by atoms with Gasteiger partial charge in [0.1, 0.15) is 5.69 Å². The zero-order valence-electron chi connectivity index (χ0n) is 12.6. The first-order valence-electron chi connectivity index (χ1n) is 7.51.